The maximum absolute atomic E-state index is 13.7. The van der Waals surface area contributed by atoms with Gasteiger partial charge in [-0.1, -0.05) is 13.8 Å². The summed E-state index contributed by atoms with van der Waals surface area (Å²) in [5.74, 6) is -0.756. The van der Waals surface area contributed by atoms with Crippen LogP contribution in [0.3, 0.4) is 0 Å². The summed E-state index contributed by atoms with van der Waals surface area (Å²) < 4.78 is 26.5. The summed E-state index contributed by atoms with van der Waals surface area (Å²) in [4.78, 5) is 4.15. The average Bonchev–Trinajstić information content (AvgIpc) is 2.38. The van der Waals surface area contributed by atoms with Crippen molar-refractivity contribution in [2.45, 2.75) is 26.2 Å². The summed E-state index contributed by atoms with van der Waals surface area (Å²) in [5, 5.41) is 0. The van der Waals surface area contributed by atoms with Crippen molar-refractivity contribution < 1.29 is 8.78 Å². The van der Waals surface area contributed by atoms with Crippen LogP contribution in [0.25, 0.3) is 11.3 Å². The second kappa shape index (κ2) is 5.25. The van der Waals surface area contributed by atoms with Crippen LogP contribution in [0.2, 0.25) is 0 Å². The van der Waals surface area contributed by atoms with Gasteiger partial charge >= 0.3 is 0 Å². The predicted molar refractivity (Wildman–Crippen MR) is 68.3 cm³/mol. The van der Waals surface area contributed by atoms with Crippen molar-refractivity contribution in [2.75, 3.05) is 0 Å². The van der Waals surface area contributed by atoms with E-state index in [0.29, 0.717) is 17.2 Å². The lowest BCUT2D eigenvalue weighted by Crippen LogP contribution is -1.95. The summed E-state index contributed by atoms with van der Waals surface area (Å²) in [5.41, 5.74) is 2.00. The van der Waals surface area contributed by atoms with Gasteiger partial charge in [-0.3, -0.25) is 4.98 Å². The van der Waals surface area contributed by atoms with Gasteiger partial charge in [0, 0.05) is 17.8 Å². The van der Waals surface area contributed by atoms with E-state index in [-0.39, 0.29) is 0 Å². The third-order valence-electron chi connectivity index (χ3n) is 3.17. The molecule has 0 aliphatic heterocycles. The van der Waals surface area contributed by atoms with Gasteiger partial charge in [-0.05, 0) is 42.2 Å². The number of rotatable bonds is 3. The maximum Gasteiger partial charge on any atom is 0.135 e. The van der Waals surface area contributed by atoms with E-state index in [1.807, 2.05) is 12.1 Å². The molecule has 0 saturated carbocycles. The summed E-state index contributed by atoms with van der Waals surface area (Å²) in [6.07, 6.45) is 2.68. The van der Waals surface area contributed by atoms with Crippen molar-refractivity contribution in [3.63, 3.8) is 0 Å². The standard InChI is InChI=1S/C15H15F2N/c1-3-10(2)11-6-7-18-15(8-11)13-5-4-12(16)9-14(13)17/h4-10H,3H2,1-2H3. The smallest absolute Gasteiger partial charge is 0.135 e. The Morgan fingerprint density at radius 3 is 2.61 bits per heavy atom. The average molecular weight is 247 g/mol. The molecule has 1 aromatic carbocycles. The normalized spacial score (nSPS) is 12.4. The molecule has 0 fully saturated rings. The SMILES string of the molecule is CCC(C)c1ccnc(-c2ccc(F)cc2F)c1. The van der Waals surface area contributed by atoms with E-state index in [1.165, 1.54) is 12.1 Å². The van der Waals surface area contributed by atoms with Crippen LogP contribution in [-0.2, 0) is 0 Å². The summed E-state index contributed by atoms with van der Waals surface area (Å²) in [6.45, 7) is 4.21. The van der Waals surface area contributed by atoms with Crippen LogP contribution in [0, 0.1) is 11.6 Å². The van der Waals surface area contributed by atoms with E-state index in [4.69, 9.17) is 0 Å². The van der Waals surface area contributed by atoms with Gasteiger partial charge in [-0.2, -0.15) is 0 Å². The molecule has 1 aromatic heterocycles. The molecule has 0 saturated heterocycles. The Hall–Kier alpha value is -1.77. The molecule has 1 unspecified atom stereocenters. The molecule has 0 N–H and O–H groups in total. The molecule has 1 atom stereocenters. The van der Waals surface area contributed by atoms with Gasteiger partial charge in [0.1, 0.15) is 11.6 Å². The second-order valence-electron chi connectivity index (χ2n) is 4.41. The first-order valence-electron chi connectivity index (χ1n) is 6.03. The van der Waals surface area contributed by atoms with Crippen molar-refractivity contribution in [3.05, 3.63) is 53.7 Å². The fourth-order valence-corrected chi connectivity index (χ4v) is 1.83. The minimum absolute atomic E-state index is 0.335. The number of nitrogens with zero attached hydrogens (tertiary/aromatic N) is 1. The topological polar surface area (TPSA) is 12.9 Å². The molecule has 0 spiro atoms. The molecule has 0 aliphatic carbocycles. The van der Waals surface area contributed by atoms with Crippen LogP contribution >= 0.6 is 0 Å². The highest BCUT2D eigenvalue weighted by Gasteiger charge is 2.10. The summed E-state index contributed by atoms with van der Waals surface area (Å²) in [7, 11) is 0. The van der Waals surface area contributed by atoms with Gasteiger partial charge < -0.3 is 0 Å². The van der Waals surface area contributed by atoms with Crippen molar-refractivity contribution in [2.24, 2.45) is 0 Å². The van der Waals surface area contributed by atoms with Gasteiger partial charge in [0.05, 0.1) is 5.69 Å². The van der Waals surface area contributed by atoms with E-state index in [1.54, 1.807) is 6.20 Å². The molecule has 2 aromatic rings. The Balaban J connectivity index is 2.44. The highest BCUT2D eigenvalue weighted by molar-refractivity contribution is 5.60. The molecule has 1 heterocycles. The predicted octanol–water partition coefficient (Wildman–Crippen LogP) is 4.54. The minimum Gasteiger partial charge on any atom is -0.256 e. The summed E-state index contributed by atoms with van der Waals surface area (Å²) in [6, 6.07) is 7.35. The van der Waals surface area contributed by atoms with E-state index in [0.717, 1.165) is 18.1 Å². The zero-order valence-corrected chi connectivity index (χ0v) is 10.5. The number of halogens is 2. The first-order chi connectivity index (χ1) is 8.61. The molecule has 0 radical (unpaired) electrons. The molecule has 18 heavy (non-hydrogen) atoms. The Morgan fingerprint density at radius 1 is 1.17 bits per heavy atom. The molecule has 0 bridgehead atoms. The van der Waals surface area contributed by atoms with Gasteiger partial charge in [0.2, 0.25) is 0 Å². The third kappa shape index (κ3) is 2.55. The monoisotopic (exact) mass is 247 g/mol. The second-order valence-corrected chi connectivity index (χ2v) is 4.41. The molecule has 0 aliphatic rings. The van der Waals surface area contributed by atoms with Crippen LogP contribution in [0.5, 0.6) is 0 Å². The molecular weight excluding hydrogens is 232 g/mol. The highest BCUT2D eigenvalue weighted by Crippen LogP contribution is 2.25. The summed E-state index contributed by atoms with van der Waals surface area (Å²) >= 11 is 0. The van der Waals surface area contributed by atoms with Crippen LogP contribution in [-0.4, -0.2) is 4.98 Å². The fraction of sp³-hybridized carbons (Fsp3) is 0.267. The molecule has 1 nitrogen and oxygen atoms in total. The molecule has 3 heteroatoms. The minimum atomic E-state index is -0.580. The van der Waals surface area contributed by atoms with Crippen molar-refractivity contribution in [3.8, 4) is 11.3 Å². The molecule has 0 amide bonds. The van der Waals surface area contributed by atoms with Crippen LogP contribution in [0.15, 0.2) is 36.5 Å². The van der Waals surface area contributed by atoms with Crippen LogP contribution in [0.4, 0.5) is 8.78 Å². The van der Waals surface area contributed by atoms with E-state index in [2.05, 4.69) is 18.8 Å². The number of aromatic nitrogens is 1. The van der Waals surface area contributed by atoms with E-state index < -0.39 is 11.6 Å². The van der Waals surface area contributed by atoms with Crippen molar-refractivity contribution in [1.29, 1.82) is 0 Å². The van der Waals surface area contributed by atoms with Gasteiger partial charge in [0.15, 0.2) is 0 Å². The van der Waals surface area contributed by atoms with Crippen molar-refractivity contribution >= 4 is 0 Å². The molecule has 2 rings (SSSR count). The van der Waals surface area contributed by atoms with Crippen LogP contribution < -0.4 is 0 Å². The molecular formula is C15H15F2N. The van der Waals surface area contributed by atoms with Gasteiger partial charge in [0.25, 0.3) is 0 Å². The Labute approximate surface area is 105 Å². The Morgan fingerprint density at radius 2 is 1.94 bits per heavy atom. The number of benzene rings is 1. The third-order valence-corrected chi connectivity index (χ3v) is 3.17. The zero-order valence-electron chi connectivity index (χ0n) is 10.5. The van der Waals surface area contributed by atoms with Crippen molar-refractivity contribution in [1.82, 2.24) is 4.98 Å². The Kier molecular flexibility index (Phi) is 3.70. The maximum atomic E-state index is 13.7. The first kappa shape index (κ1) is 12.7. The number of pyridine rings is 1. The zero-order chi connectivity index (χ0) is 13.1. The highest BCUT2D eigenvalue weighted by atomic mass is 19.1. The lowest BCUT2D eigenvalue weighted by molar-refractivity contribution is 0.585. The van der Waals surface area contributed by atoms with Gasteiger partial charge in [-0.25, -0.2) is 8.78 Å². The first-order valence-corrected chi connectivity index (χ1v) is 6.03. The number of hydrogen-bond donors (Lipinski definition) is 0. The quantitative estimate of drug-likeness (QED) is 0.776. The van der Waals surface area contributed by atoms with Gasteiger partial charge in [-0.15, -0.1) is 0 Å². The van der Waals surface area contributed by atoms with E-state index >= 15 is 0 Å². The largest absolute Gasteiger partial charge is 0.256 e. The molecule has 94 valence electrons. The van der Waals surface area contributed by atoms with E-state index in [9.17, 15) is 8.78 Å². The lowest BCUT2D eigenvalue weighted by Gasteiger charge is -2.10. The Bertz CT molecular complexity index is 552. The number of hydrogen-bond acceptors (Lipinski definition) is 1. The lowest BCUT2D eigenvalue weighted by atomic mass is 9.97. The fourth-order valence-electron chi connectivity index (χ4n) is 1.83. The van der Waals surface area contributed by atoms with Crippen LogP contribution in [0.1, 0.15) is 31.7 Å².